The molecule has 1 N–H and O–H groups in total. The molecule has 1 aliphatic rings. The summed E-state index contributed by atoms with van der Waals surface area (Å²) in [7, 11) is 0. The molecule has 194 valence electrons. The van der Waals surface area contributed by atoms with Gasteiger partial charge in [-0.3, -0.25) is 9.69 Å². The normalized spacial score (nSPS) is 16.2. The van der Waals surface area contributed by atoms with Crippen molar-refractivity contribution in [3.05, 3.63) is 65.9 Å². The highest BCUT2D eigenvalue weighted by atomic mass is 16.5. The van der Waals surface area contributed by atoms with Gasteiger partial charge in [0.05, 0.1) is 6.61 Å². The highest BCUT2D eigenvalue weighted by molar-refractivity contribution is 5.90. The largest absolute Gasteiger partial charge is 0.492 e. The van der Waals surface area contributed by atoms with Crippen LogP contribution in [0.15, 0.2) is 60.3 Å². The summed E-state index contributed by atoms with van der Waals surface area (Å²) in [5.41, 5.74) is 2.03. The van der Waals surface area contributed by atoms with Crippen LogP contribution in [0.25, 0.3) is 10.8 Å². The van der Waals surface area contributed by atoms with E-state index in [1.54, 1.807) is 0 Å². The smallest absolute Gasteiger partial charge is 0.254 e. The summed E-state index contributed by atoms with van der Waals surface area (Å²) in [5, 5.41) is 5.27. The van der Waals surface area contributed by atoms with Crippen LogP contribution in [-0.4, -0.2) is 49.8 Å². The molecule has 1 saturated heterocycles. The molecule has 1 unspecified atom stereocenters. The van der Waals surface area contributed by atoms with E-state index in [2.05, 4.69) is 49.2 Å². The van der Waals surface area contributed by atoms with Gasteiger partial charge in [0.25, 0.3) is 5.91 Å². The second-order valence-corrected chi connectivity index (χ2v) is 8.17. The number of amides is 1. The quantitative estimate of drug-likeness (QED) is 0.428. The van der Waals surface area contributed by atoms with Gasteiger partial charge in [0.2, 0.25) is 0 Å². The van der Waals surface area contributed by atoms with Crippen LogP contribution in [0.4, 0.5) is 0 Å². The molecule has 2 aromatic rings. The lowest BCUT2D eigenvalue weighted by molar-refractivity contribution is -0.137. The summed E-state index contributed by atoms with van der Waals surface area (Å²) >= 11 is 0. The van der Waals surface area contributed by atoms with Gasteiger partial charge in [0.1, 0.15) is 18.5 Å². The van der Waals surface area contributed by atoms with Crippen LogP contribution < -0.4 is 10.1 Å². The van der Waals surface area contributed by atoms with Crippen molar-refractivity contribution in [3.63, 3.8) is 0 Å². The summed E-state index contributed by atoms with van der Waals surface area (Å²) in [6.07, 6.45) is 7.82. The first-order valence-electron chi connectivity index (χ1n) is 13.1. The van der Waals surface area contributed by atoms with Crippen LogP contribution >= 0.6 is 0 Å². The fourth-order valence-electron chi connectivity index (χ4n) is 3.51. The first kappa shape index (κ1) is 30.4. The number of hydrogen-bond acceptors (Lipinski definition) is 4. The average molecular weight is 483 g/mol. The molecule has 1 aliphatic heterocycles. The number of allylic oxidation sites excluding steroid dienone is 3. The van der Waals surface area contributed by atoms with Gasteiger partial charge in [0, 0.05) is 30.7 Å². The van der Waals surface area contributed by atoms with E-state index in [1.807, 2.05) is 64.1 Å². The van der Waals surface area contributed by atoms with Crippen molar-refractivity contribution in [2.24, 2.45) is 0 Å². The van der Waals surface area contributed by atoms with Crippen LogP contribution in [0.1, 0.15) is 59.9 Å². The van der Waals surface area contributed by atoms with E-state index >= 15 is 0 Å². The molecule has 0 aromatic heterocycles. The van der Waals surface area contributed by atoms with Crippen LogP contribution in [0.2, 0.25) is 0 Å². The lowest BCUT2D eigenvalue weighted by Gasteiger charge is -2.32. The maximum Gasteiger partial charge on any atom is 0.254 e. The number of unbranched alkanes of at least 4 members (excludes halogenated alkanes) is 1. The zero-order valence-corrected chi connectivity index (χ0v) is 22.9. The number of aryl methyl sites for hydroxylation is 1. The van der Waals surface area contributed by atoms with E-state index in [0.29, 0.717) is 19.8 Å². The van der Waals surface area contributed by atoms with Gasteiger partial charge in [-0.15, -0.1) is 0 Å². The Morgan fingerprint density at radius 3 is 2.43 bits per heavy atom. The lowest BCUT2D eigenvalue weighted by Crippen LogP contribution is -2.50. The predicted octanol–water partition coefficient (Wildman–Crippen LogP) is 6.66. The van der Waals surface area contributed by atoms with E-state index in [-0.39, 0.29) is 5.91 Å². The van der Waals surface area contributed by atoms with Crippen molar-refractivity contribution in [2.75, 3.05) is 32.8 Å². The second-order valence-electron chi connectivity index (χ2n) is 8.17. The van der Waals surface area contributed by atoms with Gasteiger partial charge in [0.15, 0.2) is 0 Å². The summed E-state index contributed by atoms with van der Waals surface area (Å²) < 4.78 is 11.8. The molecule has 35 heavy (non-hydrogen) atoms. The number of benzene rings is 2. The number of carbonyl (C=O) groups is 1. The summed E-state index contributed by atoms with van der Waals surface area (Å²) in [6, 6.07) is 12.4. The fourth-order valence-corrected chi connectivity index (χ4v) is 3.51. The number of carbonyl (C=O) groups excluding carboxylic acids is 1. The van der Waals surface area contributed by atoms with Gasteiger partial charge in [-0.05, 0) is 43.9 Å². The molecule has 1 fully saturated rings. The third-order valence-electron chi connectivity index (χ3n) is 5.63. The number of fused-ring (bicyclic) bond motifs is 1. The summed E-state index contributed by atoms with van der Waals surface area (Å²) in [5.74, 6) is 0.796. The molecule has 5 heteroatoms. The zero-order valence-electron chi connectivity index (χ0n) is 22.9. The third kappa shape index (κ3) is 10.3. The highest BCUT2D eigenvalue weighted by Gasteiger charge is 2.26. The number of rotatable bonds is 8. The molecule has 1 heterocycles. The Balaban J connectivity index is 0.000000926. The van der Waals surface area contributed by atoms with Crippen molar-refractivity contribution < 1.29 is 14.3 Å². The minimum Gasteiger partial charge on any atom is -0.492 e. The third-order valence-corrected chi connectivity index (χ3v) is 5.63. The summed E-state index contributed by atoms with van der Waals surface area (Å²) in [6.45, 7) is 17.5. The number of morpholine rings is 1. The molecule has 0 spiro atoms. The Bertz CT molecular complexity index is 934. The summed E-state index contributed by atoms with van der Waals surface area (Å²) in [4.78, 5) is 14.7. The predicted molar refractivity (Wildman–Crippen MR) is 149 cm³/mol. The second kappa shape index (κ2) is 17.8. The van der Waals surface area contributed by atoms with Crippen molar-refractivity contribution in [1.29, 1.82) is 0 Å². The molecule has 2 aromatic carbocycles. The maximum atomic E-state index is 12.5. The maximum absolute atomic E-state index is 12.5. The van der Waals surface area contributed by atoms with Crippen LogP contribution in [0.5, 0.6) is 5.75 Å². The Labute approximate surface area is 213 Å². The van der Waals surface area contributed by atoms with Crippen molar-refractivity contribution in [1.82, 2.24) is 10.2 Å². The van der Waals surface area contributed by atoms with E-state index in [0.717, 1.165) is 29.9 Å². The van der Waals surface area contributed by atoms with E-state index < -0.39 is 6.10 Å². The Kier molecular flexibility index (Phi) is 15.4. The monoisotopic (exact) mass is 482 g/mol. The SMILES string of the molecule is C/C=C\C(=C/C)NC(=O)C1CN(CCOc2ccc(C)c3ccccc23)CCO1.CC.CCCC. The van der Waals surface area contributed by atoms with Crippen molar-refractivity contribution >= 4 is 16.7 Å². The fraction of sp³-hybridized carbons (Fsp3) is 0.500. The average Bonchev–Trinajstić information content (AvgIpc) is 2.91. The molecule has 5 nitrogen and oxygen atoms in total. The molecule has 0 aliphatic carbocycles. The molecule has 0 bridgehead atoms. The number of ether oxygens (including phenoxy) is 2. The van der Waals surface area contributed by atoms with Crippen LogP contribution in [0, 0.1) is 6.92 Å². The van der Waals surface area contributed by atoms with Gasteiger partial charge < -0.3 is 14.8 Å². The van der Waals surface area contributed by atoms with Crippen LogP contribution in [-0.2, 0) is 9.53 Å². The minimum atomic E-state index is -0.468. The van der Waals surface area contributed by atoms with Gasteiger partial charge in [-0.2, -0.15) is 0 Å². The lowest BCUT2D eigenvalue weighted by atomic mass is 10.1. The van der Waals surface area contributed by atoms with Crippen LogP contribution in [0.3, 0.4) is 0 Å². The van der Waals surface area contributed by atoms with Gasteiger partial charge in [-0.25, -0.2) is 0 Å². The van der Waals surface area contributed by atoms with Gasteiger partial charge in [-0.1, -0.05) is 83.0 Å². The first-order chi connectivity index (χ1) is 17.0. The van der Waals surface area contributed by atoms with E-state index in [1.165, 1.54) is 23.8 Å². The Hall–Kier alpha value is -2.63. The van der Waals surface area contributed by atoms with Crippen molar-refractivity contribution in [3.8, 4) is 5.75 Å². The molecule has 1 atom stereocenters. The number of hydrogen-bond donors (Lipinski definition) is 1. The molecule has 0 radical (unpaired) electrons. The van der Waals surface area contributed by atoms with Crippen molar-refractivity contribution in [2.45, 2.75) is 67.4 Å². The Morgan fingerprint density at radius 2 is 1.80 bits per heavy atom. The molecular weight excluding hydrogens is 436 g/mol. The minimum absolute atomic E-state index is 0.105. The number of nitrogens with one attached hydrogen (secondary N) is 1. The zero-order chi connectivity index (χ0) is 26.1. The Morgan fingerprint density at radius 1 is 1.11 bits per heavy atom. The highest BCUT2D eigenvalue weighted by Crippen LogP contribution is 2.28. The van der Waals surface area contributed by atoms with E-state index in [9.17, 15) is 4.79 Å². The molecule has 1 amide bonds. The molecule has 3 rings (SSSR count). The van der Waals surface area contributed by atoms with E-state index in [4.69, 9.17) is 9.47 Å². The first-order valence-corrected chi connectivity index (χ1v) is 13.1. The number of nitrogens with zero attached hydrogens (tertiary/aromatic N) is 1. The molecule has 0 saturated carbocycles. The topological polar surface area (TPSA) is 50.8 Å². The van der Waals surface area contributed by atoms with Gasteiger partial charge >= 0.3 is 0 Å². The molecular formula is C30H46N2O3. The standard InChI is InChI=1S/C24H30N2O3.C4H10.C2H6/c1-4-8-19(5-2)25-24(27)23-17-26(14-16-29-23)13-15-28-22-12-11-18(3)20-9-6-7-10-21(20)22;1-3-4-2;1-2/h4-12,23H,13-17H2,1-3H3,(H,25,27);3-4H2,1-2H3;1-2H3/b8-4-,19-5+;;.